The van der Waals surface area contributed by atoms with Gasteiger partial charge in [-0.15, -0.1) is 0 Å². The number of aliphatic imine (C=N–C) groups is 1. The minimum atomic E-state index is 0.174. The van der Waals surface area contributed by atoms with Crippen LogP contribution in [0.1, 0.15) is 30.7 Å². The van der Waals surface area contributed by atoms with Crippen LogP contribution in [0.15, 0.2) is 35.6 Å². The van der Waals surface area contributed by atoms with Crippen LogP contribution >= 0.6 is 11.6 Å². The first kappa shape index (κ1) is 16.8. The molecule has 1 fully saturated rings. The lowest BCUT2D eigenvalue weighted by Gasteiger charge is -2.43. The zero-order valence-electron chi connectivity index (χ0n) is 14.1. The Morgan fingerprint density at radius 3 is 2.58 bits per heavy atom. The van der Waals surface area contributed by atoms with Gasteiger partial charge >= 0.3 is 0 Å². The average Bonchev–Trinajstić information content (AvgIpc) is 2.96. The predicted molar refractivity (Wildman–Crippen MR) is 96.2 cm³/mol. The molecule has 0 amide bonds. The summed E-state index contributed by atoms with van der Waals surface area (Å²) in [4.78, 5) is 8.51. The van der Waals surface area contributed by atoms with Crippen molar-refractivity contribution in [1.82, 2.24) is 25.4 Å². The van der Waals surface area contributed by atoms with E-state index >= 15 is 0 Å². The van der Waals surface area contributed by atoms with Crippen molar-refractivity contribution in [2.45, 2.75) is 31.2 Å². The Morgan fingerprint density at radius 1 is 1.29 bits per heavy atom. The molecular weight excluding hydrogens is 324 g/mol. The van der Waals surface area contributed by atoms with Crippen LogP contribution in [-0.2, 0) is 19.0 Å². The zero-order valence-corrected chi connectivity index (χ0v) is 14.8. The molecule has 2 aromatic rings. The Morgan fingerprint density at radius 2 is 2.04 bits per heavy atom. The molecule has 0 aliphatic heterocycles. The predicted octanol–water partition coefficient (Wildman–Crippen LogP) is 2.26. The van der Waals surface area contributed by atoms with Gasteiger partial charge in [0.15, 0.2) is 5.96 Å². The van der Waals surface area contributed by atoms with Crippen molar-refractivity contribution in [3.63, 3.8) is 0 Å². The molecule has 24 heavy (non-hydrogen) atoms. The Kier molecular flexibility index (Phi) is 5.04. The summed E-state index contributed by atoms with van der Waals surface area (Å²) < 4.78 is 1.75. The number of benzene rings is 1. The van der Waals surface area contributed by atoms with Crippen molar-refractivity contribution in [3.8, 4) is 0 Å². The number of aromatic nitrogens is 3. The normalized spacial score (nSPS) is 16.5. The molecule has 0 saturated heterocycles. The Labute approximate surface area is 147 Å². The largest absolute Gasteiger partial charge is 0.356 e. The van der Waals surface area contributed by atoms with Crippen LogP contribution in [0.4, 0.5) is 0 Å². The second-order valence-electron chi connectivity index (χ2n) is 6.22. The van der Waals surface area contributed by atoms with Crippen LogP contribution in [0.25, 0.3) is 0 Å². The zero-order chi connectivity index (χ0) is 17.0. The standard InChI is InChI=1S/C17H23ClN6/c1-19-16(20-10-15-22-12-23-24(15)2)21-11-17(8-3-9-17)13-4-6-14(18)7-5-13/h4-7,12H,3,8-11H2,1-2H3,(H2,19,20,21). The summed E-state index contributed by atoms with van der Waals surface area (Å²) in [6.45, 7) is 1.44. The van der Waals surface area contributed by atoms with Gasteiger partial charge in [-0.05, 0) is 30.5 Å². The van der Waals surface area contributed by atoms with E-state index in [0.29, 0.717) is 6.54 Å². The number of nitrogens with zero attached hydrogens (tertiary/aromatic N) is 4. The van der Waals surface area contributed by atoms with Gasteiger partial charge in [-0.3, -0.25) is 9.67 Å². The molecule has 7 heteroatoms. The van der Waals surface area contributed by atoms with Gasteiger partial charge in [-0.2, -0.15) is 5.10 Å². The van der Waals surface area contributed by atoms with Crippen molar-refractivity contribution < 1.29 is 0 Å². The number of nitrogens with one attached hydrogen (secondary N) is 2. The van der Waals surface area contributed by atoms with E-state index in [2.05, 4.69) is 37.8 Å². The minimum absolute atomic E-state index is 0.174. The smallest absolute Gasteiger partial charge is 0.191 e. The van der Waals surface area contributed by atoms with Gasteiger partial charge in [0.2, 0.25) is 0 Å². The van der Waals surface area contributed by atoms with Crippen LogP contribution in [0.2, 0.25) is 5.02 Å². The third kappa shape index (κ3) is 3.53. The molecule has 1 aliphatic rings. The van der Waals surface area contributed by atoms with E-state index in [4.69, 9.17) is 11.6 Å². The highest BCUT2D eigenvalue weighted by Gasteiger charge is 2.38. The van der Waals surface area contributed by atoms with Gasteiger partial charge < -0.3 is 10.6 Å². The van der Waals surface area contributed by atoms with Gasteiger partial charge in [-0.25, -0.2) is 4.98 Å². The Bertz CT molecular complexity index is 702. The number of rotatable bonds is 5. The highest BCUT2D eigenvalue weighted by Crippen LogP contribution is 2.43. The molecule has 0 spiro atoms. The van der Waals surface area contributed by atoms with Crippen LogP contribution in [-0.4, -0.2) is 34.3 Å². The summed E-state index contributed by atoms with van der Waals surface area (Å²) in [5, 5.41) is 11.6. The SMILES string of the molecule is CN=C(NCc1ncnn1C)NCC1(c2ccc(Cl)cc2)CCC1. The van der Waals surface area contributed by atoms with Crippen LogP contribution in [0.5, 0.6) is 0 Å². The lowest BCUT2D eigenvalue weighted by Crippen LogP contribution is -2.48. The number of hydrogen-bond acceptors (Lipinski definition) is 3. The molecule has 0 bridgehead atoms. The van der Waals surface area contributed by atoms with E-state index in [1.54, 1.807) is 18.1 Å². The van der Waals surface area contributed by atoms with Gasteiger partial charge in [0.1, 0.15) is 12.2 Å². The summed E-state index contributed by atoms with van der Waals surface area (Å²) in [5.74, 6) is 1.65. The number of halogens is 1. The number of hydrogen-bond donors (Lipinski definition) is 2. The Balaban J connectivity index is 1.60. The van der Waals surface area contributed by atoms with Gasteiger partial charge in [0.05, 0.1) is 6.54 Å². The highest BCUT2D eigenvalue weighted by atomic mass is 35.5. The molecule has 1 aromatic carbocycles. The molecular formula is C17H23ClN6. The van der Waals surface area contributed by atoms with Crippen molar-refractivity contribution in [2.24, 2.45) is 12.0 Å². The van der Waals surface area contributed by atoms with Gasteiger partial charge in [0.25, 0.3) is 0 Å². The third-order valence-electron chi connectivity index (χ3n) is 4.80. The maximum Gasteiger partial charge on any atom is 0.191 e. The first-order chi connectivity index (χ1) is 11.6. The molecule has 6 nitrogen and oxygen atoms in total. The van der Waals surface area contributed by atoms with E-state index in [1.807, 2.05) is 19.2 Å². The summed E-state index contributed by atoms with van der Waals surface area (Å²) in [6, 6.07) is 8.22. The maximum absolute atomic E-state index is 6.02. The van der Waals surface area contributed by atoms with Crippen molar-refractivity contribution in [1.29, 1.82) is 0 Å². The fraction of sp³-hybridized carbons (Fsp3) is 0.471. The fourth-order valence-corrected chi connectivity index (χ4v) is 3.22. The van der Waals surface area contributed by atoms with E-state index in [1.165, 1.54) is 24.8 Å². The second kappa shape index (κ2) is 7.21. The quantitative estimate of drug-likeness (QED) is 0.643. The molecule has 1 heterocycles. The van der Waals surface area contributed by atoms with E-state index in [9.17, 15) is 0 Å². The summed E-state index contributed by atoms with van der Waals surface area (Å²) in [6.07, 6.45) is 5.18. The molecule has 1 saturated carbocycles. The van der Waals surface area contributed by atoms with E-state index in [0.717, 1.165) is 23.4 Å². The summed E-state index contributed by atoms with van der Waals surface area (Å²) in [7, 11) is 3.66. The fourth-order valence-electron chi connectivity index (χ4n) is 3.09. The lowest BCUT2D eigenvalue weighted by atomic mass is 9.64. The first-order valence-corrected chi connectivity index (χ1v) is 8.54. The lowest BCUT2D eigenvalue weighted by molar-refractivity contribution is 0.244. The highest BCUT2D eigenvalue weighted by molar-refractivity contribution is 6.30. The van der Waals surface area contributed by atoms with Crippen LogP contribution in [0.3, 0.4) is 0 Å². The van der Waals surface area contributed by atoms with Crippen LogP contribution in [0, 0.1) is 0 Å². The molecule has 3 rings (SSSR count). The van der Waals surface area contributed by atoms with Crippen molar-refractivity contribution in [2.75, 3.05) is 13.6 Å². The molecule has 0 atom stereocenters. The first-order valence-electron chi connectivity index (χ1n) is 8.16. The Hall–Kier alpha value is -2.08. The minimum Gasteiger partial charge on any atom is -0.356 e. The third-order valence-corrected chi connectivity index (χ3v) is 5.06. The second-order valence-corrected chi connectivity index (χ2v) is 6.66. The molecule has 0 unspecified atom stereocenters. The van der Waals surface area contributed by atoms with E-state index in [-0.39, 0.29) is 5.41 Å². The van der Waals surface area contributed by atoms with Gasteiger partial charge in [-0.1, -0.05) is 30.2 Å². The molecule has 128 valence electrons. The molecule has 1 aromatic heterocycles. The molecule has 0 radical (unpaired) electrons. The molecule has 2 N–H and O–H groups in total. The average molecular weight is 347 g/mol. The maximum atomic E-state index is 6.02. The topological polar surface area (TPSA) is 67.1 Å². The van der Waals surface area contributed by atoms with Crippen LogP contribution < -0.4 is 10.6 Å². The number of aryl methyl sites for hydroxylation is 1. The number of guanidine groups is 1. The van der Waals surface area contributed by atoms with E-state index < -0.39 is 0 Å². The monoisotopic (exact) mass is 346 g/mol. The molecule has 1 aliphatic carbocycles. The van der Waals surface area contributed by atoms with Gasteiger partial charge in [0, 0.05) is 31.1 Å². The summed E-state index contributed by atoms with van der Waals surface area (Å²) >= 11 is 6.02. The summed E-state index contributed by atoms with van der Waals surface area (Å²) in [5.41, 5.74) is 1.52. The van der Waals surface area contributed by atoms with Crippen molar-refractivity contribution >= 4 is 17.6 Å². The van der Waals surface area contributed by atoms with Crippen molar-refractivity contribution in [3.05, 3.63) is 47.0 Å².